The maximum Gasteiger partial charge on any atom is 0.207 e. The van der Waals surface area contributed by atoms with Crippen molar-refractivity contribution in [3.63, 3.8) is 0 Å². The Morgan fingerprint density at radius 3 is 2.40 bits per heavy atom. The van der Waals surface area contributed by atoms with Crippen molar-refractivity contribution < 1.29 is 8.42 Å². The van der Waals surface area contributed by atoms with Crippen LogP contribution in [0.1, 0.15) is 4.88 Å². The number of rotatable bonds is 2. The first kappa shape index (κ1) is 12.9. The van der Waals surface area contributed by atoms with Crippen LogP contribution in [-0.4, -0.2) is 8.42 Å². The van der Waals surface area contributed by atoms with Crippen LogP contribution in [0.5, 0.6) is 0 Å². The summed E-state index contributed by atoms with van der Waals surface area (Å²) in [6.07, 6.45) is 0. The second-order valence-corrected chi connectivity index (χ2v) is 7.13. The molecule has 0 aliphatic rings. The van der Waals surface area contributed by atoms with Crippen molar-refractivity contribution in [2.75, 3.05) is 0 Å². The molecule has 0 saturated heterocycles. The van der Waals surface area contributed by atoms with Crippen molar-refractivity contribution in [2.45, 2.75) is 9.79 Å². The van der Waals surface area contributed by atoms with Gasteiger partial charge in [-0.15, -0.1) is 11.3 Å². The first-order chi connectivity index (χ1) is 9.61. The minimum absolute atomic E-state index is 0.175. The lowest BCUT2D eigenvalue weighted by atomic mass is 10.1. The summed E-state index contributed by atoms with van der Waals surface area (Å²) < 4.78 is 25.0. The number of sulfone groups is 1. The van der Waals surface area contributed by atoms with Crippen molar-refractivity contribution >= 4 is 31.9 Å². The van der Waals surface area contributed by atoms with E-state index in [9.17, 15) is 8.42 Å². The first-order valence-electron chi connectivity index (χ1n) is 5.84. The Hall–Kier alpha value is -2.16. The van der Waals surface area contributed by atoms with Crippen LogP contribution in [0.3, 0.4) is 0 Å². The molecule has 3 nitrogen and oxygen atoms in total. The van der Waals surface area contributed by atoms with Gasteiger partial charge in [-0.2, -0.15) is 5.26 Å². The number of nitriles is 1. The van der Waals surface area contributed by atoms with Gasteiger partial charge in [-0.1, -0.05) is 30.3 Å². The molecule has 20 heavy (non-hydrogen) atoms. The van der Waals surface area contributed by atoms with Gasteiger partial charge >= 0.3 is 0 Å². The van der Waals surface area contributed by atoms with Crippen LogP contribution < -0.4 is 0 Å². The lowest BCUT2D eigenvalue weighted by Gasteiger charge is -2.04. The predicted octanol–water partition coefficient (Wildman–Crippen LogP) is 3.61. The third-order valence-electron chi connectivity index (χ3n) is 3.03. The highest BCUT2D eigenvalue weighted by Gasteiger charge is 2.19. The van der Waals surface area contributed by atoms with E-state index < -0.39 is 9.84 Å². The van der Waals surface area contributed by atoms with Crippen LogP contribution in [-0.2, 0) is 9.84 Å². The lowest BCUT2D eigenvalue weighted by Crippen LogP contribution is -2.00. The average molecular weight is 299 g/mol. The van der Waals surface area contributed by atoms with Gasteiger partial charge in [0.1, 0.15) is 10.9 Å². The van der Waals surface area contributed by atoms with Gasteiger partial charge in [-0.05, 0) is 29.0 Å². The molecule has 0 saturated carbocycles. The number of hydrogen-bond acceptors (Lipinski definition) is 4. The summed E-state index contributed by atoms with van der Waals surface area (Å²) in [5.74, 6) is 0. The van der Waals surface area contributed by atoms with E-state index in [0.717, 1.165) is 22.1 Å². The zero-order valence-corrected chi connectivity index (χ0v) is 11.9. The summed E-state index contributed by atoms with van der Waals surface area (Å²) >= 11 is 1.13. The summed E-state index contributed by atoms with van der Waals surface area (Å²) in [6, 6.07) is 16.0. The van der Waals surface area contributed by atoms with Crippen LogP contribution in [0, 0.1) is 11.3 Å². The Morgan fingerprint density at radius 1 is 0.950 bits per heavy atom. The van der Waals surface area contributed by atoms with Crippen LogP contribution >= 0.6 is 11.3 Å². The van der Waals surface area contributed by atoms with Crippen molar-refractivity contribution in [1.29, 1.82) is 5.26 Å². The van der Waals surface area contributed by atoms with Crippen LogP contribution in [0.25, 0.3) is 10.8 Å². The zero-order valence-electron chi connectivity index (χ0n) is 10.3. The predicted molar refractivity (Wildman–Crippen MR) is 78.4 cm³/mol. The third kappa shape index (κ3) is 2.09. The molecular formula is C15H9NO2S2. The fourth-order valence-electron chi connectivity index (χ4n) is 1.99. The van der Waals surface area contributed by atoms with E-state index in [-0.39, 0.29) is 9.79 Å². The minimum Gasteiger partial charge on any atom is -0.218 e. The summed E-state index contributed by atoms with van der Waals surface area (Å²) in [6.45, 7) is 0. The SMILES string of the molecule is N#Cc1cc(S(=O)(=O)c2ccc3ccccc3c2)cs1. The summed E-state index contributed by atoms with van der Waals surface area (Å²) in [5, 5.41) is 12.2. The Balaban J connectivity index is 2.16. The van der Waals surface area contributed by atoms with Gasteiger partial charge in [0.15, 0.2) is 0 Å². The molecule has 5 heteroatoms. The van der Waals surface area contributed by atoms with E-state index in [0.29, 0.717) is 4.88 Å². The van der Waals surface area contributed by atoms with E-state index in [1.165, 1.54) is 11.4 Å². The van der Waals surface area contributed by atoms with Crippen LogP contribution in [0.4, 0.5) is 0 Å². The molecule has 98 valence electrons. The minimum atomic E-state index is -3.56. The number of thiophene rings is 1. The Bertz CT molecular complexity index is 934. The third-order valence-corrected chi connectivity index (χ3v) is 5.74. The van der Waals surface area contributed by atoms with E-state index in [1.807, 2.05) is 30.3 Å². The molecule has 2 aromatic carbocycles. The molecule has 1 aromatic heterocycles. The second kappa shape index (κ2) is 4.75. The van der Waals surface area contributed by atoms with E-state index in [1.54, 1.807) is 18.2 Å². The molecule has 0 amide bonds. The first-order valence-corrected chi connectivity index (χ1v) is 8.20. The van der Waals surface area contributed by atoms with E-state index in [4.69, 9.17) is 5.26 Å². The highest BCUT2D eigenvalue weighted by atomic mass is 32.2. The number of benzene rings is 2. The Kier molecular flexibility index (Phi) is 3.05. The largest absolute Gasteiger partial charge is 0.218 e. The molecule has 0 N–H and O–H groups in total. The Labute approximate surface area is 120 Å². The summed E-state index contributed by atoms with van der Waals surface area (Å²) in [5.41, 5.74) is 0. The van der Waals surface area contributed by atoms with Gasteiger partial charge in [0.25, 0.3) is 0 Å². The second-order valence-electron chi connectivity index (χ2n) is 4.27. The molecular weight excluding hydrogens is 290 g/mol. The standard InChI is InChI=1S/C15H9NO2S2/c16-9-13-8-15(10-19-13)20(17,18)14-6-5-11-3-1-2-4-12(11)7-14/h1-8,10H. The van der Waals surface area contributed by atoms with Crippen LogP contribution in [0.15, 0.2) is 63.7 Å². The number of fused-ring (bicyclic) bond motifs is 1. The maximum absolute atomic E-state index is 12.5. The number of nitrogens with zero attached hydrogens (tertiary/aromatic N) is 1. The fourth-order valence-corrected chi connectivity index (χ4v) is 4.35. The Morgan fingerprint density at radius 2 is 1.70 bits per heavy atom. The summed E-state index contributed by atoms with van der Waals surface area (Å²) in [4.78, 5) is 0.817. The topological polar surface area (TPSA) is 57.9 Å². The molecule has 0 spiro atoms. The van der Waals surface area contributed by atoms with Gasteiger partial charge in [-0.25, -0.2) is 8.42 Å². The molecule has 0 aliphatic heterocycles. The van der Waals surface area contributed by atoms with Crippen molar-refractivity contribution in [3.8, 4) is 6.07 Å². The zero-order chi connectivity index (χ0) is 14.2. The van der Waals surface area contributed by atoms with Crippen molar-refractivity contribution in [1.82, 2.24) is 0 Å². The van der Waals surface area contributed by atoms with Crippen molar-refractivity contribution in [3.05, 3.63) is 58.8 Å². The fraction of sp³-hybridized carbons (Fsp3) is 0. The maximum atomic E-state index is 12.5. The highest BCUT2D eigenvalue weighted by molar-refractivity contribution is 7.91. The lowest BCUT2D eigenvalue weighted by molar-refractivity contribution is 0.596. The smallest absolute Gasteiger partial charge is 0.207 e. The molecule has 3 aromatic rings. The molecule has 0 fully saturated rings. The molecule has 1 heterocycles. The number of hydrogen-bond donors (Lipinski definition) is 0. The monoisotopic (exact) mass is 299 g/mol. The molecule has 3 rings (SSSR count). The van der Waals surface area contributed by atoms with Gasteiger partial charge in [0.2, 0.25) is 9.84 Å². The summed E-state index contributed by atoms with van der Waals surface area (Å²) in [7, 11) is -3.56. The van der Waals surface area contributed by atoms with E-state index in [2.05, 4.69) is 0 Å². The van der Waals surface area contributed by atoms with Crippen LogP contribution in [0.2, 0.25) is 0 Å². The highest BCUT2D eigenvalue weighted by Crippen LogP contribution is 2.27. The molecule has 0 unspecified atom stereocenters. The molecule has 0 radical (unpaired) electrons. The molecule has 0 aliphatic carbocycles. The molecule has 0 atom stereocenters. The van der Waals surface area contributed by atoms with Gasteiger partial charge in [-0.3, -0.25) is 0 Å². The normalized spacial score (nSPS) is 11.3. The quantitative estimate of drug-likeness (QED) is 0.726. The average Bonchev–Trinajstić information content (AvgIpc) is 2.96. The van der Waals surface area contributed by atoms with Gasteiger partial charge in [0, 0.05) is 5.38 Å². The van der Waals surface area contributed by atoms with Gasteiger partial charge < -0.3 is 0 Å². The molecule has 0 bridgehead atoms. The van der Waals surface area contributed by atoms with E-state index >= 15 is 0 Å². The van der Waals surface area contributed by atoms with Crippen molar-refractivity contribution in [2.24, 2.45) is 0 Å². The van der Waals surface area contributed by atoms with Gasteiger partial charge in [0.05, 0.1) is 9.79 Å².